The Kier molecular flexibility index (Phi) is 6.52. The first-order valence-electron chi connectivity index (χ1n) is 7.45. The standard InChI is InChI=1S/C14H28N2O3Si/c1-20(2,3)9-8-19-13(17)10-11-4-6-12(7-5-11)14(15)16-18/h11-12,18H,4-10H2,1-3H3,(H2,15,16). The molecular formula is C14H28N2O3Si. The van der Waals surface area contributed by atoms with E-state index in [1.807, 2.05) is 0 Å². The minimum absolute atomic E-state index is 0.0736. The van der Waals surface area contributed by atoms with E-state index in [1.165, 1.54) is 0 Å². The summed E-state index contributed by atoms with van der Waals surface area (Å²) in [5.74, 6) is 0.799. The lowest BCUT2D eigenvalue weighted by atomic mass is 9.80. The van der Waals surface area contributed by atoms with Crippen molar-refractivity contribution in [2.45, 2.75) is 57.8 Å². The van der Waals surface area contributed by atoms with Gasteiger partial charge in [0.1, 0.15) is 5.84 Å². The van der Waals surface area contributed by atoms with Gasteiger partial charge in [-0.2, -0.15) is 0 Å². The van der Waals surface area contributed by atoms with Crippen molar-refractivity contribution < 1.29 is 14.7 Å². The van der Waals surface area contributed by atoms with Gasteiger partial charge in [-0.05, 0) is 37.6 Å². The largest absolute Gasteiger partial charge is 0.466 e. The van der Waals surface area contributed by atoms with Crippen LogP contribution in [-0.4, -0.2) is 31.7 Å². The Morgan fingerprint density at radius 3 is 2.40 bits per heavy atom. The lowest BCUT2D eigenvalue weighted by Crippen LogP contribution is -2.29. The summed E-state index contributed by atoms with van der Waals surface area (Å²) in [5, 5.41) is 11.7. The summed E-state index contributed by atoms with van der Waals surface area (Å²) in [6.45, 7) is 7.38. The summed E-state index contributed by atoms with van der Waals surface area (Å²) in [6.07, 6.45) is 4.19. The van der Waals surface area contributed by atoms with Crippen LogP contribution in [0.5, 0.6) is 0 Å². The zero-order valence-corrected chi connectivity index (χ0v) is 13.9. The first-order valence-corrected chi connectivity index (χ1v) is 11.2. The molecule has 0 bridgehead atoms. The van der Waals surface area contributed by atoms with Crippen molar-refractivity contribution in [2.75, 3.05) is 6.61 Å². The monoisotopic (exact) mass is 300 g/mol. The predicted molar refractivity (Wildman–Crippen MR) is 82.6 cm³/mol. The van der Waals surface area contributed by atoms with Gasteiger partial charge in [-0.15, -0.1) is 0 Å². The van der Waals surface area contributed by atoms with Crippen LogP contribution in [0.15, 0.2) is 5.16 Å². The van der Waals surface area contributed by atoms with Crippen LogP contribution in [0.2, 0.25) is 25.7 Å². The number of ether oxygens (including phenoxy) is 1. The average Bonchev–Trinajstić information content (AvgIpc) is 2.37. The lowest BCUT2D eigenvalue weighted by molar-refractivity contribution is -0.144. The number of nitrogens with zero attached hydrogens (tertiary/aromatic N) is 1. The second kappa shape index (κ2) is 7.66. The maximum absolute atomic E-state index is 11.8. The molecule has 0 amide bonds. The normalized spacial score (nSPS) is 24.4. The highest BCUT2D eigenvalue weighted by Gasteiger charge is 2.26. The van der Waals surface area contributed by atoms with Crippen LogP contribution in [0.25, 0.3) is 0 Å². The Hall–Kier alpha value is -1.04. The topological polar surface area (TPSA) is 84.9 Å². The number of rotatable bonds is 6. The van der Waals surface area contributed by atoms with Crippen molar-refractivity contribution in [3.63, 3.8) is 0 Å². The number of hydrogen-bond acceptors (Lipinski definition) is 4. The predicted octanol–water partition coefficient (Wildman–Crippen LogP) is 2.81. The Balaban J connectivity index is 2.21. The number of nitrogens with two attached hydrogens (primary N) is 1. The van der Waals surface area contributed by atoms with Gasteiger partial charge in [-0.1, -0.05) is 24.8 Å². The molecule has 0 aromatic heterocycles. The molecule has 5 nitrogen and oxygen atoms in total. The molecule has 0 radical (unpaired) electrons. The molecule has 0 aromatic carbocycles. The first-order chi connectivity index (χ1) is 9.31. The molecule has 0 atom stereocenters. The molecular weight excluding hydrogens is 272 g/mol. The molecule has 1 saturated carbocycles. The van der Waals surface area contributed by atoms with Gasteiger partial charge >= 0.3 is 5.97 Å². The first kappa shape index (κ1) is 17.0. The Morgan fingerprint density at radius 1 is 1.30 bits per heavy atom. The van der Waals surface area contributed by atoms with Crippen molar-refractivity contribution >= 4 is 19.9 Å². The van der Waals surface area contributed by atoms with Gasteiger partial charge in [0.15, 0.2) is 0 Å². The van der Waals surface area contributed by atoms with E-state index in [1.54, 1.807) is 0 Å². The average molecular weight is 300 g/mol. The molecule has 1 fully saturated rings. The van der Waals surface area contributed by atoms with Crippen LogP contribution in [0, 0.1) is 11.8 Å². The second-order valence-electron chi connectivity index (χ2n) is 6.98. The second-order valence-corrected chi connectivity index (χ2v) is 12.6. The Bertz CT molecular complexity index is 345. The molecule has 116 valence electrons. The van der Waals surface area contributed by atoms with Crippen molar-refractivity contribution in [1.29, 1.82) is 0 Å². The van der Waals surface area contributed by atoms with E-state index in [2.05, 4.69) is 24.8 Å². The molecule has 6 heteroatoms. The number of oxime groups is 1. The fraction of sp³-hybridized carbons (Fsp3) is 0.857. The maximum atomic E-state index is 11.8. The Morgan fingerprint density at radius 2 is 1.90 bits per heavy atom. The molecule has 1 rings (SSSR count). The molecule has 3 N–H and O–H groups in total. The molecule has 0 spiro atoms. The SMILES string of the molecule is C[Si](C)(C)CCOC(=O)CC1CCC(/C(N)=N/O)CC1. The smallest absolute Gasteiger partial charge is 0.306 e. The summed E-state index contributed by atoms with van der Waals surface area (Å²) >= 11 is 0. The van der Waals surface area contributed by atoms with Gasteiger partial charge in [0.05, 0.1) is 6.61 Å². The van der Waals surface area contributed by atoms with Crippen LogP contribution < -0.4 is 5.73 Å². The van der Waals surface area contributed by atoms with E-state index >= 15 is 0 Å². The fourth-order valence-electron chi connectivity index (χ4n) is 2.51. The zero-order valence-electron chi connectivity index (χ0n) is 12.9. The molecule has 0 aromatic rings. The third-order valence-electron chi connectivity index (χ3n) is 3.95. The minimum Gasteiger partial charge on any atom is -0.466 e. The van der Waals surface area contributed by atoms with Gasteiger partial charge in [0.25, 0.3) is 0 Å². The third kappa shape index (κ3) is 6.41. The van der Waals surface area contributed by atoms with Crippen molar-refractivity contribution in [1.82, 2.24) is 0 Å². The van der Waals surface area contributed by atoms with Crippen molar-refractivity contribution in [2.24, 2.45) is 22.7 Å². The molecule has 0 heterocycles. The molecule has 1 aliphatic rings. The highest BCUT2D eigenvalue weighted by molar-refractivity contribution is 6.76. The van der Waals surface area contributed by atoms with E-state index in [0.29, 0.717) is 24.8 Å². The zero-order chi connectivity index (χ0) is 15.2. The van der Waals surface area contributed by atoms with Gasteiger partial charge in [0, 0.05) is 20.4 Å². The van der Waals surface area contributed by atoms with Crippen LogP contribution >= 0.6 is 0 Å². The number of amidine groups is 1. The van der Waals surface area contributed by atoms with E-state index in [-0.39, 0.29) is 11.9 Å². The van der Waals surface area contributed by atoms with Crippen molar-refractivity contribution in [3.8, 4) is 0 Å². The van der Waals surface area contributed by atoms with Gasteiger partial charge in [-0.25, -0.2) is 0 Å². The number of hydrogen-bond donors (Lipinski definition) is 2. The van der Waals surface area contributed by atoms with Crippen LogP contribution in [0.3, 0.4) is 0 Å². The van der Waals surface area contributed by atoms with Gasteiger partial charge in [-0.3, -0.25) is 4.79 Å². The van der Waals surface area contributed by atoms with Gasteiger partial charge < -0.3 is 15.7 Å². The quantitative estimate of drug-likeness (QED) is 0.197. The van der Waals surface area contributed by atoms with E-state index in [4.69, 9.17) is 15.7 Å². The summed E-state index contributed by atoms with van der Waals surface area (Å²) in [4.78, 5) is 11.8. The number of carbonyl (C=O) groups is 1. The maximum Gasteiger partial charge on any atom is 0.306 e. The Labute approximate surface area is 122 Å². The fourth-order valence-corrected chi connectivity index (χ4v) is 3.22. The molecule has 0 aliphatic heterocycles. The number of carbonyl (C=O) groups excluding carboxylic acids is 1. The van der Waals surface area contributed by atoms with Crippen LogP contribution in [0.4, 0.5) is 0 Å². The van der Waals surface area contributed by atoms with E-state index in [0.717, 1.165) is 31.7 Å². The highest BCUT2D eigenvalue weighted by atomic mass is 28.3. The summed E-state index contributed by atoms with van der Waals surface area (Å²) in [5.41, 5.74) is 5.61. The van der Waals surface area contributed by atoms with E-state index < -0.39 is 8.07 Å². The van der Waals surface area contributed by atoms with Crippen LogP contribution in [-0.2, 0) is 9.53 Å². The third-order valence-corrected chi connectivity index (χ3v) is 5.66. The van der Waals surface area contributed by atoms with E-state index in [9.17, 15) is 4.79 Å². The van der Waals surface area contributed by atoms with Gasteiger partial charge in [0.2, 0.25) is 0 Å². The highest BCUT2D eigenvalue weighted by Crippen LogP contribution is 2.31. The lowest BCUT2D eigenvalue weighted by Gasteiger charge is -2.27. The minimum atomic E-state index is -1.13. The molecule has 20 heavy (non-hydrogen) atoms. The van der Waals surface area contributed by atoms with Crippen LogP contribution in [0.1, 0.15) is 32.1 Å². The number of esters is 1. The van der Waals surface area contributed by atoms with Crippen molar-refractivity contribution in [3.05, 3.63) is 0 Å². The molecule has 1 aliphatic carbocycles. The molecule has 0 unspecified atom stereocenters. The molecule has 0 saturated heterocycles. The summed E-state index contributed by atoms with van der Waals surface area (Å²) in [7, 11) is -1.13. The summed E-state index contributed by atoms with van der Waals surface area (Å²) < 4.78 is 5.32. The summed E-state index contributed by atoms with van der Waals surface area (Å²) in [6, 6.07) is 1.02.